The zero-order valence-electron chi connectivity index (χ0n) is 12.9. The van der Waals surface area contributed by atoms with Crippen LogP contribution in [0, 0.1) is 0 Å². The van der Waals surface area contributed by atoms with Crippen LogP contribution in [0.15, 0.2) is 0 Å². The van der Waals surface area contributed by atoms with Crippen LogP contribution in [0.25, 0.3) is 0 Å². The lowest BCUT2D eigenvalue weighted by Crippen LogP contribution is -2.36. The van der Waals surface area contributed by atoms with Gasteiger partial charge in [-0.05, 0) is 30.8 Å². The first-order chi connectivity index (χ1) is 10.3. The van der Waals surface area contributed by atoms with Crippen LogP contribution in [-0.4, -0.2) is 30.3 Å². The second-order valence-corrected chi connectivity index (χ2v) is 6.66. The lowest BCUT2D eigenvalue weighted by Gasteiger charge is -2.19. The molecule has 0 bridgehead atoms. The molecular formula is C15H26F6S. The van der Waals surface area contributed by atoms with E-state index in [0.717, 1.165) is 50.7 Å². The van der Waals surface area contributed by atoms with E-state index in [1.165, 1.54) is 11.8 Å². The van der Waals surface area contributed by atoms with Gasteiger partial charge < -0.3 is 0 Å². The molecule has 0 fully saturated rings. The number of alkyl halides is 6. The van der Waals surface area contributed by atoms with Gasteiger partial charge in [0.2, 0.25) is 0 Å². The molecule has 0 amide bonds. The molecule has 0 heterocycles. The van der Waals surface area contributed by atoms with E-state index in [1.807, 2.05) is 0 Å². The minimum atomic E-state index is -5.43. The second-order valence-electron chi connectivity index (χ2n) is 5.44. The third kappa shape index (κ3) is 11.5. The third-order valence-electron chi connectivity index (χ3n) is 3.37. The molecular weight excluding hydrogens is 326 g/mol. The standard InChI is InChI=1S/C15H26F6S/c16-11-7-5-3-1-2-4-6-8-12-22-13-9-10-14(17,18)15(19,20)21/h1-13H2. The van der Waals surface area contributed by atoms with Gasteiger partial charge in [-0.25, -0.2) is 0 Å². The fourth-order valence-electron chi connectivity index (χ4n) is 2.00. The van der Waals surface area contributed by atoms with E-state index in [1.54, 1.807) is 0 Å². The van der Waals surface area contributed by atoms with Crippen molar-refractivity contribution in [3.63, 3.8) is 0 Å². The maximum atomic E-state index is 12.6. The molecule has 0 aliphatic heterocycles. The molecule has 0 N–H and O–H groups in total. The van der Waals surface area contributed by atoms with Gasteiger partial charge in [0.15, 0.2) is 0 Å². The van der Waals surface area contributed by atoms with Crippen molar-refractivity contribution in [2.45, 2.75) is 76.3 Å². The molecule has 0 aliphatic rings. The zero-order chi connectivity index (χ0) is 16.9. The Kier molecular flexibility index (Phi) is 12.3. The lowest BCUT2D eigenvalue weighted by atomic mass is 10.1. The van der Waals surface area contributed by atoms with Crippen LogP contribution in [0.1, 0.15) is 64.2 Å². The van der Waals surface area contributed by atoms with Gasteiger partial charge in [0.05, 0.1) is 6.67 Å². The summed E-state index contributed by atoms with van der Waals surface area (Å²) < 4.78 is 72.7. The molecule has 22 heavy (non-hydrogen) atoms. The predicted octanol–water partition coefficient (Wildman–Crippen LogP) is 6.79. The topological polar surface area (TPSA) is 0 Å². The highest BCUT2D eigenvalue weighted by atomic mass is 32.2. The van der Waals surface area contributed by atoms with Crippen molar-refractivity contribution in [1.29, 1.82) is 0 Å². The number of rotatable bonds is 14. The molecule has 0 aromatic carbocycles. The van der Waals surface area contributed by atoms with Crippen LogP contribution in [0.3, 0.4) is 0 Å². The van der Waals surface area contributed by atoms with Gasteiger partial charge in [-0.2, -0.15) is 33.7 Å². The Hall–Kier alpha value is -0.0700. The summed E-state index contributed by atoms with van der Waals surface area (Å²) in [4.78, 5) is 0. The van der Waals surface area contributed by atoms with Crippen LogP contribution in [0.4, 0.5) is 26.3 Å². The van der Waals surface area contributed by atoms with E-state index < -0.39 is 18.5 Å². The Bertz CT molecular complexity index is 255. The van der Waals surface area contributed by atoms with Crippen molar-refractivity contribution >= 4 is 11.8 Å². The zero-order valence-corrected chi connectivity index (χ0v) is 13.7. The van der Waals surface area contributed by atoms with E-state index in [0.29, 0.717) is 12.2 Å². The molecule has 0 unspecified atom stereocenters. The van der Waals surface area contributed by atoms with Gasteiger partial charge in [-0.15, -0.1) is 0 Å². The minimum absolute atomic E-state index is 0.119. The maximum absolute atomic E-state index is 12.6. The molecule has 0 saturated carbocycles. The second kappa shape index (κ2) is 12.4. The van der Waals surface area contributed by atoms with Crippen molar-refractivity contribution in [1.82, 2.24) is 0 Å². The fourth-order valence-corrected chi connectivity index (χ4v) is 2.96. The quantitative estimate of drug-likeness (QED) is 0.245. The highest BCUT2D eigenvalue weighted by Gasteiger charge is 2.56. The molecule has 0 spiro atoms. The van der Waals surface area contributed by atoms with E-state index in [2.05, 4.69) is 0 Å². The number of unbranched alkanes of at least 4 members (excludes halogenated alkanes) is 7. The summed E-state index contributed by atoms with van der Waals surface area (Å²) in [5, 5.41) is 0. The molecule has 0 nitrogen and oxygen atoms in total. The average molecular weight is 352 g/mol. The largest absolute Gasteiger partial charge is 0.453 e. The first-order valence-electron chi connectivity index (χ1n) is 7.89. The van der Waals surface area contributed by atoms with Gasteiger partial charge in [0, 0.05) is 6.42 Å². The Labute approximate surface area is 133 Å². The van der Waals surface area contributed by atoms with Crippen molar-refractivity contribution in [2.24, 2.45) is 0 Å². The molecule has 134 valence electrons. The normalized spacial score (nSPS) is 12.8. The smallest absolute Gasteiger partial charge is 0.251 e. The summed E-state index contributed by atoms with van der Waals surface area (Å²) in [5.74, 6) is -3.41. The van der Waals surface area contributed by atoms with Gasteiger partial charge in [0.1, 0.15) is 0 Å². The minimum Gasteiger partial charge on any atom is -0.251 e. The highest BCUT2D eigenvalue weighted by Crippen LogP contribution is 2.39. The number of hydrogen-bond acceptors (Lipinski definition) is 1. The van der Waals surface area contributed by atoms with E-state index in [4.69, 9.17) is 0 Å². The monoisotopic (exact) mass is 352 g/mol. The van der Waals surface area contributed by atoms with Gasteiger partial charge in [-0.3, -0.25) is 4.39 Å². The molecule has 0 radical (unpaired) electrons. The fraction of sp³-hybridized carbons (Fsp3) is 1.00. The molecule has 0 atom stereocenters. The first-order valence-corrected chi connectivity index (χ1v) is 9.05. The van der Waals surface area contributed by atoms with E-state index in [-0.39, 0.29) is 13.1 Å². The van der Waals surface area contributed by atoms with Crippen LogP contribution < -0.4 is 0 Å². The van der Waals surface area contributed by atoms with Crippen molar-refractivity contribution < 1.29 is 26.3 Å². The van der Waals surface area contributed by atoms with E-state index >= 15 is 0 Å². The van der Waals surface area contributed by atoms with Crippen LogP contribution in [0.5, 0.6) is 0 Å². The Balaban J connectivity index is 3.28. The molecule has 0 saturated heterocycles. The number of thioether (sulfide) groups is 1. The summed E-state index contributed by atoms with van der Waals surface area (Å²) in [7, 11) is 0. The third-order valence-corrected chi connectivity index (χ3v) is 4.52. The molecule has 0 aromatic heterocycles. The summed E-state index contributed by atoms with van der Waals surface area (Å²) in [6, 6.07) is 0. The SMILES string of the molecule is FCCCCCCCCCCSCCCC(F)(F)C(F)(F)F. The molecule has 0 aliphatic carbocycles. The van der Waals surface area contributed by atoms with Crippen LogP contribution in [0.2, 0.25) is 0 Å². The van der Waals surface area contributed by atoms with Crippen molar-refractivity contribution in [3.8, 4) is 0 Å². The van der Waals surface area contributed by atoms with Crippen molar-refractivity contribution in [3.05, 3.63) is 0 Å². The molecule has 7 heteroatoms. The highest BCUT2D eigenvalue weighted by molar-refractivity contribution is 7.99. The Morgan fingerprint density at radius 1 is 0.591 bits per heavy atom. The van der Waals surface area contributed by atoms with Crippen molar-refractivity contribution in [2.75, 3.05) is 18.2 Å². The molecule has 0 rings (SSSR count). The van der Waals surface area contributed by atoms with Crippen LogP contribution >= 0.6 is 11.8 Å². The number of halogens is 6. The maximum Gasteiger partial charge on any atom is 0.453 e. The number of hydrogen-bond donors (Lipinski definition) is 0. The van der Waals surface area contributed by atoms with Crippen LogP contribution in [-0.2, 0) is 0 Å². The Morgan fingerprint density at radius 2 is 1.05 bits per heavy atom. The lowest BCUT2D eigenvalue weighted by molar-refractivity contribution is -0.284. The summed E-state index contributed by atoms with van der Waals surface area (Å²) in [6.07, 6.45) is 1.32. The van der Waals surface area contributed by atoms with Gasteiger partial charge in [-0.1, -0.05) is 38.5 Å². The first kappa shape index (κ1) is 21.9. The molecule has 0 aromatic rings. The van der Waals surface area contributed by atoms with Gasteiger partial charge in [0.25, 0.3) is 0 Å². The predicted molar refractivity (Wildman–Crippen MR) is 80.5 cm³/mol. The summed E-state index contributed by atoms with van der Waals surface area (Å²) in [5.41, 5.74) is 0. The Morgan fingerprint density at radius 3 is 1.55 bits per heavy atom. The average Bonchev–Trinajstić information content (AvgIpc) is 2.42. The summed E-state index contributed by atoms with van der Waals surface area (Å²) in [6.45, 7) is -0.244. The van der Waals surface area contributed by atoms with Gasteiger partial charge >= 0.3 is 12.1 Å². The van der Waals surface area contributed by atoms with E-state index in [9.17, 15) is 26.3 Å². The summed E-state index contributed by atoms with van der Waals surface area (Å²) >= 11 is 1.44.